The van der Waals surface area contributed by atoms with Crippen LogP contribution in [0, 0.1) is 6.92 Å². The minimum Gasteiger partial charge on any atom is -0.370 e. The van der Waals surface area contributed by atoms with E-state index in [0.717, 1.165) is 19.5 Å². The second-order valence-corrected chi connectivity index (χ2v) is 8.45. The Balaban J connectivity index is 2.09. The average Bonchev–Trinajstić information content (AvgIpc) is 2.58. The van der Waals surface area contributed by atoms with Crippen molar-refractivity contribution in [3.63, 3.8) is 0 Å². The van der Waals surface area contributed by atoms with Gasteiger partial charge in [-0.2, -0.15) is 0 Å². The highest BCUT2D eigenvalue weighted by Gasteiger charge is 2.20. The molecule has 0 radical (unpaired) electrons. The Morgan fingerprint density at radius 3 is 2.67 bits per heavy atom. The number of nitrogens with zero attached hydrogens (tertiary/aromatic N) is 1. The summed E-state index contributed by atoms with van der Waals surface area (Å²) >= 11 is 0. The van der Waals surface area contributed by atoms with E-state index in [2.05, 4.69) is 49.2 Å². The number of hydrogen-bond donors (Lipinski definition) is 1. The average molecular weight is 310 g/mol. The first-order chi connectivity index (χ1) is 9.87. The highest BCUT2D eigenvalue weighted by atomic mass is 32.2. The largest absolute Gasteiger partial charge is 0.370 e. The number of nitrogens with one attached hydrogen (secondary N) is 1. The Hall–Kier alpha value is -1.07. The Morgan fingerprint density at radius 1 is 1.24 bits per heavy atom. The summed E-state index contributed by atoms with van der Waals surface area (Å²) in [5.41, 5.74) is 3.66. The van der Waals surface area contributed by atoms with Crippen LogP contribution < -0.4 is 10.2 Å². The number of hydrogen-bond acceptors (Lipinski definition) is 4. The van der Waals surface area contributed by atoms with Crippen molar-refractivity contribution in [2.75, 3.05) is 29.5 Å². The Bertz CT molecular complexity index is 582. The van der Waals surface area contributed by atoms with Gasteiger partial charge in [0.1, 0.15) is 0 Å². The van der Waals surface area contributed by atoms with Gasteiger partial charge in [-0.3, -0.25) is 0 Å². The van der Waals surface area contributed by atoms with Gasteiger partial charge in [0.15, 0.2) is 9.84 Å². The molecule has 4 nitrogen and oxygen atoms in total. The Morgan fingerprint density at radius 2 is 2.00 bits per heavy atom. The van der Waals surface area contributed by atoms with Crippen LogP contribution in [0.1, 0.15) is 31.4 Å². The molecule has 0 atom stereocenters. The first-order valence-electron chi connectivity index (χ1n) is 7.66. The number of rotatable bonds is 4. The fourth-order valence-corrected chi connectivity index (χ4v) is 3.96. The zero-order valence-electron chi connectivity index (χ0n) is 13.2. The quantitative estimate of drug-likeness (QED) is 0.925. The van der Waals surface area contributed by atoms with Gasteiger partial charge in [0.05, 0.1) is 11.5 Å². The lowest BCUT2D eigenvalue weighted by Crippen LogP contribution is -2.27. The van der Waals surface area contributed by atoms with E-state index in [1.165, 1.54) is 16.8 Å². The number of sulfone groups is 1. The molecular formula is C16H26N2O2S. The summed E-state index contributed by atoms with van der Waals surface area (Å²) in [5, 5.41) is 3.42. The second kappa shape index (κ2) is 6.79. The standard InChI is InChI=1S/C16H26N2O2S/c1-13(2)17-12-15-5-6-16(14(3)11-15)18-7-4-9-21(19,20)10-8-18/h5-6,11,13,17H,4,7-10,12H2,1-3H3. The molecule has 1 aromatic rings. The third kappa shape index (κ3) is 4.71. The smallest absolute Gasteiger partial charge is 0.152 e. The van der Waals surface area contributed by atoms with Crippen LogP contribution in [0.15, 0.2) is 18.2 Å². The molecule has 1 saturated heterocycles. The van der Waals surface area contributed by atoms with Gasteiger partial charge in [-0.25, -0.2) is 8.42 Å². The summed E-state index contributed by atoms with van der Waals surface area (Å²) in [6.45, 7) is 8.68. The van der Waals surface area contributed by atoms with E-state index in [4.69, 9.17) is 0 Å². The van der Waals surface area contributed by atoms with Gasteiger partial charge >= 0.3 is 0 Å². The normalized spacial score (nSPS) is 18.8. The molecule has 0 saturated carbocycles. The van der Waals surface area contributed by atoms with Gasteiger partial charge < -0.3 is 10.2 Å². The lowest BCUT2D eigenvalue weighted by molar-refractivity contribution is 0.588. The molecule has 1 aliphatic heterocycles. The van der Waals surface area contributed by atoms with Crippen molar-refractivity contribution in [3.05, 3.63) is 29.3 Å². The monoisotopic (exact) mass is 310 g/mol. The van der Waals surface area contributed by atoms with E-state index < -0.39 is 9.84 Å². The van der Waals surface area contributed by atoms with Crippen molar-refractivity contribution >= 4 is 15.5 Å². The topological polar surface area (TPSA) is 49.4 Å². The molecule has 0 bridgehead atoms. The molecule has 5 heteroatoms. The van der Waals surface area contributed by atoms with Gasteiger partial charge in [-0.1, -0.05) is 26.0 Å². The minimum absolute atomic E-state index is 0.267. The van der Waals surface area contributed by atoms with Crippen LogP contribution in [-0.2, 0) is 16.4 Å². The lowest BCUT2D eigenvalue weighted by Gasteiger charge is -2.24. The fourth-order valence-electron chi connectivity index (χ4n) is 2.68. The predicted molar refractivity (Wildman–Crippen MR) is 88.6 cm³/mol. The molecule has 1 N–H and O–H groups in total. The van der Waals surface area contributed by atoms with Crippen LogP contribution in [-0.4, -0.2) is 39.1 Å². The Labute approximate surface area is 128 Å². The van der Waals surface area contributed by atoms with E-state index in [1.54, 1.807) is 0 Å². The molecule has 0 unspecified atom stereocenters. The van der Waals surface area contributed by atoms with Crippen molar-refractivity contribution in [2.45, 2.75) is 39.8 Å². The molecule has 118 valence electrons. The summed E-state index contributed by atoms with van der Waals surface area (Å²) in [7, 11) is -2.85. The SMILES string of the molecule is Cc1cc(CNC(C)C)ccc1N1CCCS(=O)(=O)CC1. The molecule has 0 amide bonds. The molecule has 1 fully saturated rings. The molecular weight excluding hydrogens is 284 g/mol. The van der Waals surface area contributed by atoms with Gasteiger partial charge in [0, 0.05) is 31.4 Å². The third-order valence-corrected chi connectivity index (χ3v) is 5.59. The van der Waals surface area contributed by atoms with E-state index in [-0.39, 0.29) is 5.75 Å². The van der Waals surface area contributed by atoms with E-state index >= 15 is 0 Å². The minimum atomic E-state index is -2.85. The van der Waals surface area contributed by atoms with Crippen molar-refractivity contribution in [1.82, 2.24) is 5.32 Å². The lowest BCUT2D eigenvalue weighted by atomic mass is 10.1. The van der Waals surface area contributed by atoms with Crippen molar-refractivity contribution < 1.29 is 8.42 Å². The van der Waals surface area contributed by atoms with Gasteiger partial charge in [-0.05, 0) is 30.5 Å². The highest BCUT2D eigenvalue weighted by molar-refractivity contribution is 7.91. The van der Waals surface area contributed by atoms with E-state index in [0.29, 0.717) is 18.3 Å². The molecule has 1 heterocycles. The van der Waals surface area contributed by atoms with Crippen molar-refractivity contribution in [3.8, 4) is 0 Å². The Kier molecular flexibility index (Phi) is 5.27. The van der Waals surface area contributed by atoms with Gasteiger partial charge in [0.25, 0.3) is 0 Å². The second-order valence-electron chi connectivity index (χ2n) is 6.15. The van der Waals surface area contributed by atoms with Crippen LogP contribution in [0.4, 0.5) is 5.69 Å². The van der Waals surface area contributed by atoms with Crippen LogP contribution in [0.5, 0.6) is 0 Å². The summed E-state index contributed by atoms with van der Waals surface area (Å²) in [6, 6.07) is 6.94. The summed E-state index contributed by atoms with van der Waals surface area (Å²) in [5.74, 6) is 0.585. The molecule has 1 aromatic carbocycles. The van der Waals surface area contributed by atoms with E-state index in [9.17, 15) is 8.42 Å². The number of benzene rings is 1. The maximum Gasteiger partial charge on any atom is 0.152 e. The summed E-state index contributed by atoms with van der Waals surface area (Å²) in [6.07, 6.45) is 0.721. The predicted octanol–water partition coefficient (Wildman–Crippen LogP) is 2.12. The molecule has 2 rings (SSSR count). The fraction of sp³-hybridized carbons (Fsp3) is 0.625. The third-order valence-electron chi connectivity index (χ3n) is 3.87. The zero-order valence-corrected chi connectivity index (χ0v) is 14.0. The highest BCUT2D eigenvalue weighted by Crippen LogP contribution is 2.23. The first kappa shape index (κ1) is 16.3. The van der Waals surface area contributed by atoms with Crippen LogP contribution >= 0.6 is 0 Å². The molecule has 0 spiro atoms. The molecule has 0 aromatic heterocycles. The first-order valence-corrected chi connectivity index (χ1v) is 9.48. The maximum absolute atomic E-state index is 11.7. The zero-order chi connectivity index (χ0) is 15.5. The number of aryl methyl sites for hydroxylation is 1. The summed E-state index contributed by atoms with van der Waals surface area (Å²) < 4.78 is 23.4. The number of anilines is 1. The van der Waals surface area contributed by atoms with Gasteiger partial charge in [0.2, 0.25) is 0 Å². The van der Waals surface area contributed by atoms with Crippen molar-refractivity contribution in [2.24, 2.45) is 0 Å². The molecule has 1 aliphatic rings. The molecule has 21 heavy (non-hydrogen) atoms. The van der Waals surface area contributed by atoms with Crippen LogP contribution in [0.25, 0.3) is 0 Å². The molecule has 0 aliphatic carbocycles. The van der Waals surface area contributed by atoms with Crippen LogP contribution in [0.3, 0.4) is 0 Å². The van der Waals surface area contributed by atoms with Crippen molar-refractivity contribution in [1.29, 1.82) is 0 Å². The van der Waals surface area contributed by atoms with E-state index in [1.807, 2.05) is 0 Å². The summed E-state index contributed by atoms with van der Waals surface area (Å²) in [4.78, 5) is 2.21. The van der Waals surface area contributed by atoms with Gasteiger partial charge in [-0.15, -0.1) is 0 Å². The maximum atomic E-state index is 11.7. The van der Waals surface area contributed by atoms with Crippen LogP contribution in [0.2, 0.25) is 0 Å².